The summed E-state index contributed by atoms with van der Waals surface area (Å²) in [5.74, 6) is 0.618. The van der Waals surface area contributed by atoms with Crippen LogP contribution in [0.3, 0.4) is 0 Å². The maximum Gasteiger partial charge on any atom is 0.336 e. The Kier molecular flexibility index (Phi) is 3.24. The molecule has 2 heterocycles. The van der Waals surface area contributed by atoms with Gasteiger partial charge in [-0.15, -0.1) is 0 Å². The Bertz CT molecular complexity index is 987. The topological polar surface area (TPSA) is 39.4 Å². The number of fused-ring (bicyclic) bond motifs is 3. The van der Waals surface area contributed by atoms with Crippen molar-refractivity contribution in [2.24, 2.45) is 0 Å². The zero-order valence-corrected chi connectivity index (χ0v) is 13.1. The first-order valence-electron chi connectivity index (χ1n) is 7.30. The zero-order valence-electron chi connectivity index (χ0n) is 12.4. The molecular weight excluding hydrogens is 312 g/mol. The Morgan fingerprint density at radius 1 is 1.09 bits per heavy atom. The van der Waals surface area contributed by atoms with Crippen molar-refractivity contribution in [1.29, 1.82) is 0 Å². The molecule has 4 rings (SSSR count). The van der Waals surface area contributed by atoms with Crippen LogP contribution in [0.4, 0.5) is 0 Å². The highest BCUT2D eigenvalue weighted by molar-refractivity contribution is 6.50. The van der Waals surface area contributed by atoms with Crippen molar-refractivity contribution in [2.45, 2.75) is 13.0 Å². The quantitative estimate of drug-likeness (QED) is 0.603. The van der Waals surface area contributed by atoms with Gasteiger partial charge in [0.05, 0.1) is 10.6 Å². The Hall–Kier alpha value is -2.52. The largest absolute Gasteiger partial charge is 0.481 e. The molecule has 1 unspecified atom stereocenters. The van der Waals surface area contributed by atoms with Crippen LogP contribution in [0, 0.1) is 6.92 Å². The fourth-order valence-corrected chi connectivity index (χ4v) is 3.18. The zero-order chi connectivity index (χ0) is 16.0. The molecule has 114 valence electrons. The van der Waals surface area contributed by atoms with Gasteiger partial charge in [0, 0.05) is 11.5 Å². The molecule has 0 saturated heterocycles. The molecule has 1 aliphatic heterocycles. The molecule has 2 aromatic carbocycles. The van der Waals surface area contributed by atoms with Gasteiger partial charge < -0.3 is 9.15 Å². The maximum absolute atomic E-state index is 11.7. The van der Waals surface area contributed by atoms with Crippen molar-refractivity contribution >= 4 is 27.6 Å². The second-order valence-electron chi connectivity index (χ2n) is 5.53. The molecule has 0 fully saturated rings. The lowest BCUT2D eigenvalue weighted by molar-refractivity contribution is 0.251. The number of aryl methyl sites for hydroxylation is 1. The predicted molar refractivity (Wildman–Crippen MR) is 90.9 cm³/mol. The van der Waals surface area contributed by atoms with E-state index in [0.29, 0.717) is 21.9 Å². The van der Waals surface area contributed by atoms with Gasteiger partial charge in [0.25, 0.3) is 0 Å². The second-order valence-corrected chi connectivity index (χ2v) is 5.93. The standard InChI is InChI=1S/C19H13ClO3/c1-11-9-17(21)23-19-13(11)7-8-15-18(19)14(20)10-16(22-15)12-5-3-2-4-6-12/h2-10,16H,1H3. The predicted octanol–water partition coefficient (Wildman–Crippen LogP) is 4.81. The number of benzene rings is 2. The highest BCUT2D eigenvalue weighted by atomic mass is 35.5. The SMILES string of the molecule is Cc1cc(=O)oc2c3c(ccc12)OC(c1ccccc1)C=C3Cl. The van der Waals surface area contributed by atoms with Crippen molar-refractivity contribution < 1.29 is 9.15 Å². The molecule has 3 aromatic rings. The van der Waals surface area contributed by atoms with Gasteiger partial charge in [0.2, 0.25) is 0 Å². The molecule has 0 bridgehead atoms. The van der Waals surface area contributed by atoms with E-state index in [1.165, 1.54) is 6.07 Å². The summed E-state index contributed by atoms with van der Waals surface area (Å²) in [7, 11) is 0. The normalized spacial score (nSPS) is 16.6. The van der Waals surface area contributed by atoms with Crippen molar-refractivity contribution in [3.63, 3.8) is 0 Å². The van der Waals surface area contributed by atoms with E-state index in [1.54, 1.807) is 0 Å². The van der Waals surface area contributed by atoms with Crippen molar-refractivity contribution in [2.75, 3.05) is 0 Å². The summed E-state index contributed by atoms with van der Waals surface area (Å²) in [6.07, 6.45) is 1.58. The average molecular weight is 325 g/mol. The van der Waals surface area contributed by atoms with Crippen LogP contribution < -0.4 is 10.4 Å². The lowest BCUT2D eigenvalue weighted by Crippen LogP contribution is -2.11. The van der Waals surface area contributed by atoms with Crippen LogP contribution in [0.15, 0.2) is 63.8 Å². The molecule has 1 aromatic heterocycles. The van der Waals surface area contributed by atoms with Gasteiger partial charge in [0.15, 0.2) is 5.58 Å². The Labute approximate surface area is 137 Å². The van der Waals surface area contributed by atoms with Crippen molar-refractivity contribution in [1.82, 2.24) is 0 Å². The number of rotatable bonds is 1. The van der Waals surface area contributed by atoms with E-state index in [2.05, 4.69) is 0 Å². The minimum Gasteiger partial charge on any atom is -0.481 e. The minimum atomic E-state index is -0.391. The Morgan fingerprint density at radius 3 is 2.65 bits per heavy atom. The van der Waals surface area contributed by atoms with Crippen LogP contribution in [0.25, 0.3) is 16.0 Å². The van der Waals surface area contributed by atoms with Crippen LogP contribution in [-0.4, -0.2) is 0 Å². The summed E-state index contributed by atoms with van der Waals surface area (Å²) in [4.78, 5) is 11.7. The van der Waals surface area contributed by atoms with Gasteiger partial charge in [-0.2, -0.15) is 0 Å². The van der Waals surface area contributed by atoms with Gasteiger partial charge in [0.1, 0.15) is 11.9 Å². The summed E-state index contributed by atoms with van der Waals surface area (Å²) >= 11 is 6.49. The third kappa shape index (κ3) is 2.34. The van der Waals surface area contributed by atoms with E-state index in [4.69, 9.17) is 20.8 Å². The number of halogens is 1. The molecule has 23 heavy (non-hydrogen) atoms. The monoisotopic (exact) mass is 324 g/mol. The molecular formula is C19H13ClO3. The molecule has 0 amide bonds. The van der Waals surface area contributed by atoms with Crippen LogP contribution in [0.2, 0.25) is 0 Å². The summed E-state index contributed by atoms with van der Waals surface area (Å²) in [5.41, 5.74) is 2.59. The van der Waals surface area contributed by atoms with Crippen LogP contribution in [-0.2, 0) is 0 Å². The van der Waals surface area contributed by atoms with Gasteiger partial charge in [-0.1, -0.05) is 41.9 Å². The smallest absolute Gasteiger partial charge is 0.336 e. The van der Waals surface area contributed by atoms with Crippen LogP contribution in [0.1, 0.15) is 22.8 Å². The lowest BCUT2D eigenvalue weighted by atomic mass is 10.0. The molecule has 0 spiro atoms. The van der Waals surface area contributed by atoms with Crippen LogP contribution in [0.5, 0.6) is 5.75 Å². The first kappa shape index (κ1) is 14.1. The fraction of sp³-hybridized carbons (Fsp3) is 0.105. The molecule has 0 radical (unpaired) electrons. The van der Waals surface area contributed by atoms with Gasteiger partial charge in [-0.25, -0.2) is 4.79 Å². The number of hydrogen-bond acceptors (Lipinski definition) is 3. The molecule has 3 nitrogen and oxygen atoms in total. The highest BCUT2D eigenvalue weighted by Gasteiger charge is 2.24. The summed E-state index contributed by atoms with van der Waals surface area (Å²) in [6.45, 7) is 1.87. The van der Waals surface area contributed by atoms with Gasteiger partial charge in [-0.3, -0.25) is 0 Å². The van der Waals surface area contributed by atoms with E-state index in [9.17, 15) is 4.79 Å². The Balaban J connectivity index is 1.92. The van der Waals surface area contributed by atoms with Crippen molar-refractivity contribution in [3.05, 3.63) is 81.7 Å². The molecule has 1 aliphatic rings. The Morgan fingerprint density at radius 2 is 1.87 bits per heavy atom. The molecule has 0 aliphatic carbocycles. The third-order valence-corrected chi connectivity index (χ3v) is 4.31. The van der Waals surface area contributed by atoms with Crippen molar-refractivity contribution in [3.8, 4) is 5.75 Å². The highest BCUT2D eigenvalue weighted by Crippen LogP contribution is 2.43. The minimum absolute atomic E-state index is 0.259. The summed E-state index contributed by atoms with van der Waals surface area (Å²) < 4.78 is 11.4. The summed E-state index contributed by atoms with van der Waals surface area (Å²) in [5, 5.41) is 1.39. The average Bonchev–Trinajstić information content (AvgIpc) is 2.54. The van der Waals surface area contributed by atoms with E-state index < -0.39 is 5.63 Å². The number of ether oxygens (including phenoxy) is 1. The number of hydrogen-bond donors (Lipinski definition) is 0. The first-order valence-corrected chi connectivity index (χ1v) is 7.68. The fourth-order valence-electron chi connectivity index (χ4n) is 2.88. The molecule has 0 N–H and O–H groups in total. The summed E-state index contributed by atoms with van der Waals surface area (Å²) in [6, 6.07) is 15.1. The first-order chi connectivity index (χ1) is 11.1. The molecule has 0 saturated carbocycles. The van der Waals surface area contributed by atoms with E-state index in [0.717, 1.165) is 16.5 Å². The van der Waals surface area contributed by atoms with E-state index in [1.807, 2.05) is 55.5 Å². The second kappa shape index (κ2) is 5.28. The van der Waals surface area contributed by atoms with Gasteiger partial charge in [-0.05, 0) is 36.3 Å². The molecule has 4 heteroatoms. The van der Waals surface area contributed by atoms with E-state index >= 15 is 0 Å². The maximum atomic E-state index is 11.7. The van der Waals surface area contributed by atoms with E-state index in [-0.39, 0.29) is 6.10 Å². The lowest BCUT2D eigenvalue weighted by Gasteiger charge is -2.24. The molecule has 1 atom stereocenters. The van der Waals surface area contributed by atoms with Gasteiger partial charge >= 0.3 is 5.63 Å². The third-order valence-electron chi connectivity index (χ3n) is 4.00. The van der Waals surface area contributed by atoms with Crippen LogP contribution >= 0.6 is 11.6 Å².